The fourth-order valence-corrected chi connectivity index (χ4v) is 5.59. The van der Waals surface area contributed by atoms with E-state index in [1.54, 1.807) is 4.90 Å². The Labute approximate surface area is 215 Å². The van der Waals surface area contributed by atoms with Gasteiger partial charge in [0.15, 0.2) is 0 Å². The van der Waals surface area contributed by atoms with Crippen LogP contribution >= 0.6 is 0 Å². The van der Waals surface area contributed by atoms with Crippen LogP contribution in [-0.2, 0) is 15.1 Å². The van der Waals surface area contributed by atoms with Gasteiger partial charge >= 0.3 is 6.09 Å². The molecule has 6 nitrogen and oxygen atoms in total. The number of rotatable bonds is 5. The van der Waals surface area contributed by atoms with E-state index in [0.29, 0.717) is 38.5 Å². The number of piperidine rings is 2. The van der Waals surface area contributed by atoms with Crippen LogP contribution in [0.2, 0.25) is 0 Å². The van der Waals surface area contributed by atoms with Crippen molar-refractivity contribution in [1.82, 2.24) is 9.80 Å². The lowest BCUT2D eigenvalue weighted by Gasteiger charge is -2.42. The fourth-order valence-electron chi connectivity index (χ4n) is 5.59. The zero-order valence-corrected chi connectivity index (χ0v) is 21.9. The Bertz CT molecular complexity index is 963. The second-order valence-corrected chi connectivity index (χ2v) is 11.3. The molecule has 194 valence electrons. The molecule has 2 aromatic rings. The molecule has 0 atom stereocenters. The van der Waals surface area contributed by atoms with Gasteiger partial charge in [0.05, 0.1) is 0 Å². The van der Waals surface area contributed by atoms with Crippen molar-refractivity contribution in [2.24, 2.45) is 11.8 Å². The van der Waals surface area contributed by atoms with Gasteiger partial charge in [0.25, 0.3) is 0 Å². The molecule has 36 heavy (non-hydrogen) atoms. The van der Waals surface area contributed by atoms with Gasteiger partial charge in [-0.15, -0.1) is 0 Å². The second-order valence-electron chi connectivity index (χ2n) is 11.3. The van der Waals surface area contributed by atoms with E-state index in [-0.39, 0.29) is 17.9 Å². The van der Waals surface area contributed by atoms with E-state index in [1.165, 1.54) is 0 Å². The van der Waals surface area contributed by atoms with E-state index in [2.05, 4.69) is 0 Å². The van der Waals surface area contributed by atoms with Gasteiger partial charge in [-0.05, 0) is 69.4 Å². The van der Waals surface area contributed by atoms with Crippen molar-refractivity contribution in [2.75, 3.05) is 26.2 Å². The summed E-state index contributed by atoms with van der Waals surface area (Å²) in [7, 11) is 0. The SMILES string of the molecule is CC(C)(C)OC(=O)N1CCC(CC(=O)N2CCC(C(O)(c3ccccc3)c3ccccc3)CC2)CC1. The lowest BCUT2D eigenvalue weighted by atomic mass is 9.72. The van der Waals surface area contributed by atoms with Crippen molar-refractivity contribution in [2.45, 2.75) is 64.1 Å². The first kappa shape index (κ1) is 26.2. The smallest absolute Gasteiger partial charge is 0.410 e. The highest BCUT2D eigenvalue weighted by atomic mass is 16.6. The normalized spacial score (nSPS) is 18.2. The predicted octanol–water partition coefficient (Wildman–Crippen LogP) is 5.20. The number of aliphatic hydroxyl groups is 1. The number of carbonyl (C=O) groups is 2. The highest BCUT2D eigenvalue weighted by molar-refractivity contribution is 5.76. The molecule has 0 aliphatic carbocycles. The molecule has 2 saturated heterocycles. The molecular formula is C30H40N2O4. The molecule has 2 aliphatic rings. The quantitative estimate of drug-likeness (QED) is 0.623. The van der Waals surface area contributed by atoms with Crippen molar-refractivity contribution in [3.05, 3.63) is 71.8 Å². The third-order valence-electron chi connectivity index (χ3n) is 7.60. The fraction of sp³-hybridized carbons (Fsp3) is 0.533. The van der Waals surface area contributed by atoms with Crippen LogP contribution in [0.5, 0.6) is 0 Å². The molecule has 0 radical (unpaired) electrons. The van der Waals surface area contributed by atoms with Gasteiger partial charge in [0.1, 0.15) is 11.2 Å². The number of carbonyl (C=O) groups excluding carboxylic acids is 2. The van der Waals surface area contributed by atoms with Crippen LogP contribution in [0.1, 0.15) is 64.0 Å². The maximum absolute atomic E-state index is 13.1. The number of nitrogens with zero attached hydrogens (tertiary/aromatic N) is 2. The summed E-state index contributed by atoms with van der Waals surface area (Å²) in [6.45, 7) is 8.21. The summed E-state index contributed by atoms with van der Waals surface area (Å²) in [6.07, 6.45) is 3.41. The van der Waals surface area contributed by atoms with E-state index in [4.69, 9.17) is 4.74 Å². The number of likely N-dealkylation sites (tertiary alicyclic amines) is 2. The maximum Gasteiger partial charge on any atom is 0.410 e. The molecular weight excluding hydrogens is 452 g/mol. The molecule has 6 heteroatoms. The average molecular weight is 493 g/mol. The third kappa shape index (κ3) is 6.09. The summed E-state index contributed by atoms with van der Waals surface area (Å²) < 4.78 is 5.48. The Morgan fingerprint density at radius 1 is 0.806 bits per heavy atom. The minimum Gasteiger partial charge on any atom is -0.444 e. The van der Waals surface area contributed by atoms with Crippen molar-refractivity contribution in [3.8, 4) is 0 Å². The maximum atomic E-state index is 13.1. The third-order valence-corrected chi connectivity index (χ3v) is 7.60. The van der Waals surface area contributed by atoms with Crippen LogP contribution in [0.3, 0.4) is 0 Å². The molecule has 2 aliphatic heterocycles. The summed E-state index contributed by atoms with van der Waals surface area (Å²) in [5.74, 6) is 0.509. The standard InChI is InChI=1S/C30H40N2O4/c1-29(2,3)36-28(34)32-18-14-23(15-19-32)22-27(33)31-20-16-26(17-21-31)30(35,24-10-6-4-7-11-24)25-12-8-5-9-13-25/h4-13,23,26,35H,14-22H2,1-3H3. The van der Waals surface area contributed by atoms with Crippen LogP contribution < -0.4 is 0 Å². The number of benzene rings is 2. The summed E-state index contributed by atoms with van der Waals surface area (Å²) in [6, 6.07) is 19.8. The summed E-state index contributed by atoms with van der Waals surface area (Å²) in [5.41, 5.74) is 0.227. The average Bonchev–Trinajstić information content (AvgIpc) is 2.89. The molecule has 0 spiro atoms. The van der Waals surface area contributed by atoms with Gasteiger partial charge < -0.3 is 19.6 Å². The Morgan fingerprint density at radius 3 is 1.75 bits per heavy atom. The number of amides is 2. The van der Waals surface area contributed by atoms with Crippen molar-refractivity contribution < 1.29 is 19.4 Å². The van der Waals surface area contributed by atoms with E-state index < -0.39 is 11.2 Å². The first-order valence-corrected chi connectivity index (χ1v) is 13.3. The highest BCUT2D eigenvalue weighted by Gasteiger charge is 2.42. The minimum absolute atomic E-state index is 0.0309. The minimum atomic E-state index is -1.08. The molecule has 0 bridgehead atoms. The zero-order chi connectivity index (χ0) is 25.8. The van der Waals surface area contributed by atoms with Gasteiger partial charge in [0.2, 0.25) is 5.91 Å². The lowest BCUT2D eigenvalue weighted by Crippen LogP contribution is -2.47. The Kier molecular flexibility index (Phi) is 8.04. The van der Waals surface area contributed by atoms with Gasteiger partial charge in [-0.25, -0.2) is 4.79 Å². The lowest BCUT2D eigenvalue weighted by molar-refractivity contribution is -0.135. The summed E-state index contributed by atoms with van der Waals surface area (Å²) in [4.78, 5) is 29.2. The van der Waals surface area contributed by atoms with Crippen molar-refractivity contribution >= 4 is 12.0 Å². The molecule has 2 heterocycles. The van der Waals surface area contributed by atoms with E-state index in [0.717, 1.165) is 36.8 Å². The van der Waals surface area contributed by atoms with Gasteiger partial charge in [-0.2, -0.15) is 0 Å². The van der Waals surface area contributed by atoms with E-state index in [9.17, 15) is 14.7 Å². The topological polar surface area (TPSA) is 70.1 Å². The van der Waals surface area contributed by atoms with Crippen molar-refractivity contribution in [1.29, 1.82) is 0 Å². The van der Waals surface area contributed by atoms with E-state index >= 15 is 0 Å². The summed E-state index contributed by atoms with van der Waals surface area (Å²) in [5, 5.41) is 12.1. The highest BCUT2D eigenvalue weighted by Crippen LogP contribution is 2.42. The van der Waals surface area contributed by atoms with Gasteiger partial charge in [0, 0.05) is 32.6 Å². The molecule has 4 rings (SSSR count). The summed E-state index contributed by atoms with van der Waals surface area (Å²) >= 11 is 0. The molecule has 2 fully saturated rings. The molecule has 0 aromatic heterocycles. The van der Waals surface area contributed by atoms with Gasteiger partial charge in [-0.1, -0.05) is 60.7 Å². The van der Waals surface area contributed by atoms with E-state index in [1.807, 2.05) is 86.3 Å². The van der Waals surface area contributed by atoms with Crippen LogP contribution in [0.4, 0.5) is 4.79 Å². The Morgan fingerprint density at radius 2 is 1.28 bits per heavy atom. The largest absolute Gasteiger partial charge is 0.444 e. The zero-order valence-electron chi connectivity index (χ0n) is 21.9. The van der Waals surface area contributed by atoms with Crippen molar-refractivity contribution in [3.63, 3.8) is 0 Å². The van der Waals surface area contributed by atoms with Crippen LogP contribution in [0.25, 0.3) is 0 Å². The number of ether oxygens (including phenoxy) is 1. The predicted molar refractivity (Wildman–Crippen MR) is 140 cm³/mol. The second kappa shape index (κ2) is 11.0. The number of hydrogen-bond acceptors (Lipinski definition) is 4. The molecule has 2 aromatic carbocycles. The Hall–Kier alpha value is -2.86. The molecule has 2 amide bonds. The molecule has 0 unspecified atom stereocenters. The van der Waals surface area contributed by atoms with Crippen LogP contribution in [0.15, 0.2) is 60.7 Å². The molecule has 0 saturated carbocycles. The Balaban J connectivity index is 1.32. The number of hydrogen-bond donors (Lipinski definition) is 1. The van der Waals surface area contributed by atoms with Crippen LogP contribution in [0, 0.1) is 11.8 Å². The van der Waals surface area contributed by atoms with Gasteiger partial charge in [-0.3, -0.25) is 4.79 Å². The van der Waals surface area contributed by atoms with Crippen LogP contribution in [-0.4, -0.2) is 58.7 Å². The first-order valence-electron chi connectivity index (χ1n) is 13.3. The first-order chi connectivity index (χ1) is 17.2. The monoisotopic (exact) mass is 492 g/mol. The molecule has 1 N–H and O–H groups in total.